The van der Waals surface area contributed by atoms with Crippen molar-refractivity contribution in [3.63, 3.8) is 0 Å². The molecule has 0 bridgehead atoms. The van der Waals surface area contributed by atoms with Crippen LogP contribution in [0, 0.1) is 11.3 Å². The first kappa shape index (κ1) is 17.2. The SMILES string of the molecule is C=CCN1C(=O)C(=Nc2ccc(N(C)C)cc2)C(C)=C(C#N)C1=O. The maximum atomic E-state index is 12.6. The summed E-state index contributed by atoms with van der Waals surface area (Å²) in [6.07, 6.45) is 1.44. The first-order chi connectivity index (χ1) is 11.4. The van der Waals surface area contributed by atoms with Crippen LogP contribution in [-0.2, 0) is 9.59 Å². The molecule has 6 heteroatoms. The highest BCUT2D eigenvalue weighted by molar-refractivity contribution is 6.51. The average molecular weight is 322 g/mol. The topological polar surface area (TPSA) is 76.8 Å². The molecule has 0 aliphatic carbocycles. The van der Waals surface area contributed by atoms with E-state index >= 15 is 0 Å². The molecule has 1 aliphatic rings. The van der Waals surface area contributed by atoms with Crippen molar-refractivity contribution in [1.82, 2.24) is 4.90 Å². The Morgan fingerprint density at radius 1 is 1.25 bits per heavy atom. The van der Waals surface area contributed by atoms with E-state index in [0.29, 0.717) is 11.3 Å². The van der Waals surface area contributed by atoms with Crippen LogP contribution in [-0.4, -0.2) is 43.1 Å². The van der Waals surface area contributed by atoms with E-state index in [4.69, 9.17) is 0 Å². The monoisotopic (exact) mass is 322 g/mol. The van der Waals surface area contributed by atoms with Crippen molar-refractivity contribution in [3.05, 3.63) is 48.1 Å². The number of carbonyl (C=O) groups is 2. The Bertz CT molecular complexity index is 795. The molecule has 1 aromatic carbocycles. The van der Waals surface area contributed by atoms with Crippen LogP contribution in [0.1, 0.15) is 6.92 Å². The van der Waals surface area contributed by atoms with Gasteiger partial charge in [-0.05, 0) is 31.2 Å². The van der Waals surface area contributed by atoms with E-state index in [1.165, 1.54) is 6.08 Å². The Hall–Kier alpha value is -3.20. The molecule has 122 valence electrons. The normalized spacial score (nSPS) is 16.4. The fraction of sp³-hybridized carbons (Fsp3) is 0.222. The molecule has 1 aromatic rings. The van der Waals surface area contributed by atoms with Crippen molar-refractivity contribution in [2.24, 2.45) is 4.99 Å². The number of hydrogen-bond donors (Lipinski definition) is 0. The highest BCUT2D eigenvalue weighted by Gasteiger charge is 2.35. The summed E-state index contributed by atoms with van der Waals surface area (Å²) in [5.41, 5.74) is 1.91. The molecule has 24 heavy (non-hydrogen) atoms. The van der Waals surface area contributed by atoms with Gasteiger partial charge in [0.15, 0.2) is 0 Å². The van der Waals surface area contributed by atoms with Gasteiger partial charge in [0.25, 0.3) is 11.8 Å². The summed E-state index contributed by atoms with van der Waals surface area (Å²) < 4.78 is 0. The van der Waals surface area contributed by atoms with Gasteiger partial charge in [0, 0.05) is 31.9 Å². The number of aliphatic imine (C=N–C) groups is 1. The van der Waals surface area contributed by atoms with E-state index < -0.39 is 11.8 Å². The summed E-state index contributed by atoms with van der Waals surface area (Å²) in [7, 11) is 3.85. The zero-order valence-corrected chi connectivity index (χ0v) is 13.9. The second-order valence-corrected chi connectivity index (χ2v) is 5.49. The molecule has 6 nitrogen and oxygen atoms in total. The van der Waals surface area contributed by atoms with Crippen molar-refractivity contribution in [2.45, 2.75) is 6.92 Å². The second kappa shape index (κ2) is 6.92. The molecule has 0 aromatic heterocycles. The molecule has 1 aliphatic heterocycles. The van der Waals surface area contributed by atoms with E-state index in [1.807, 2.05) is 37.2 Å². The number of carbonyl (C=O) groups excluding carboxylic acids is 2. The van der Waals surface area contributed by atoms with Crippen LogP contribution >= 0.6 is 0 Å². The van der Waals surface area contributed by atoms with Crippen LogP contribution in [0.15, 0.2) is 53.1 Å². The third-order valence-corrected chi connectivity index (χ3v) is 3.67. The number of nitrogens with zero attached hydrogens (tertiary/aromatic N) is 4. The number of nitriles is 1. The smallest absolute Gasteiger partial charge is 0.279 e. The number of hydrogen-bond acceptors (Lipinski definition) is 5. The predicted octanol–water partition coefficient (Wildman–Crippen LogP) is 2.22. The first-order valence-electron chi connectivity index (χ1n) is 7.35. The zero-order valence-electron chi connectivity index (χ0n) is 13.9. The quantitative estimate of drug-likeness (QED) is 0.629. The van der Waals surface area contributed by atoms with E-state index in [9.17, 15) is 14.9 Å². The van der Waals surface area contributed by atoms with Crippen LogP contribution < -0.4 is 4.90 Å². The Morgan fingerprint density at radius 2 is 1.88 bits per heavy atom. The molecule has 0 saturated heterocycles. The molecule has 0 N–H and O–H groups in total. The minimum absolute atomic E-state index is 0.0364. The number of rotatable bonds is 4. The van der Waals surface area contributed by atoms with Crippen LogP contribution in [0.5, 0.6) is 0 Å². The van der Waals surface area contributed by atoms with Gasteiger partial charge in [-0.25, -0.2) is 4.99 Å². The fourth-order valence-electron chi connectivity index (χ4n) is 2.31. The number of amides is 2. The Kier molecular flexibility index (Phi) is 4.95. The van der Waals surface area contributed by atoms with Gasteiger partial charge in [-0.1, -0.05) is 6.08 Å². The van der Waals surface area contributed by atoms with E-state index in [-0.39, 0.29) is 17.8 Å². The molecule has 2 amide bonds. The predicted molar refractivity (Wildman–Crippen MR) is 93.1 cm³/mol. The highest BCUT2D eigenvalue weighted by atomic mass is 16.2. The lowest BCUT2D eigenvalue weighted by Gasteiger charge is -2.25. The molecule has 0 saturated carbocycles. The summed E-state index contributed by atoms with van der Waals surface area (Å²) in [4.78, 5) is 32.0. The number of anilines is 1. The Morgan fingerprint density at radius 3 is 2.38 bits per heavy atom. The summed E-state index contributed by atoms with van der Waals surface area (Å²) in [6, 6.07) is 9.19. The third kappa shape index (κ3) is 3.10. The van der Waals surface area contributed by atoms with Gasteiger partial charge < -0.3 is 4.90 Å². The average Bonchev–Trinajstić information content (AvgIpc) is 2.56. The Labute approximate surface area is 141 Å². The maximum Gasteiger partial charge on any atom is 0.279 e. The van der Waals surface area contributed by atoms with Crippen molar-refractivity contribution in [3.8, 4) is 6.07 Å². The van der Waals surface area contributed by atoms with Crippen molar-refractivity contribution >= 4 is 28.9 Å². The second-order valence-electron chi connectivity index (χ2n) is 5.49. The minimum atomic E-state index is -0.609. The molecular weight excluding hydrogens is 304 g/mol. The van der Waals surface area contributed by atoms with Gasteiger partial charge in [-0.15, -0.1) is 6.58 Å². The van der Waals surface area contributed by atoms with Gasteiger partial charge >= 0.3 is 0 Å². The van der Waals surface area contributed by atoms with Crippen LogP contribution in [0.25, 0.3) is 0 Å². The lowest BCUT2D eigenvalue weighted by molar-refractivity contribution is -0.137. The summed E-state index contributed by atoms with van der Waals surface area (Å²) >= 11 is 0. The van der Waals surface area contributed by atoms with Gasteiger partial charge in [0.1, 0.15) is 17.4 Å². The van der Waals surface area contributed by atoms with E-state index in [1.54, 1.807) is 19.1 Å². The molecule has 0 radical (unpaired) electrons. The van der Waals surface area contributed by atoms with Crippen LogP contribution in [0.4, 0.5) is 11.4 Å². The van der Waals surface area contributed by atoms with E-state index in [2.05, 4.69) is 11.6 Å². The van der Waals surface area contributed by atoms with Crippen molar-refractivity contribution < 1.29 is 9.59 Å². The zero-order chi connectivity index (χ0) is 17.9. The number of benzene rings is 1. The maximum absolute atomic E-state index is 12.6. The van der Waals surface area contributed by atoms with E-state index in [0.717, 1.165) is 10.6 Å². The van der Waals surface area contributed by atoms with Gasteiger partial charge in [0.2, 0.25) is 0 Å². The molecule has 0 unspecified atom stereocenters. The van der Waals surface area contributed by atoms with Gasteiger partial charge in [-0.3, -0.25) is 14.5 Å². The van der Waals surface area contributed by atoms with Crippen molar-refractivity contribution in [1.29, 1.82) is 5.26 Å². The van der Waals surface area contributed by atoms with Crippen LogP contribution in [0.2, 0.25) is 0 Å². The fourth-order valence-corrected chi connectivity index (χ4v) is 2.31. The highest BCUT2D eigenvalue weighted by Crippen LogP contribution is 2.23. The molecule has 0 spiro atoms. The Balaban J connectivity index is 2.51. The first-order valence-corrected chi connectivity index (χ1v) is 7.35. The number of imide groups is 1. The third-order valence-electron chi connectivity index (χ3n) is 3.67. The van der Waals surface area contributed by atoms with Gasteiger partial charge in [-0.2, -0.15) is 5.26 Å². The summed E-state index contributed by atoms with van der Waals surface area (Å²) in [6.45, 7) is 5.14. The lowest BCUT2D eigenvalue weighted by Crippen LogP contribution is -2.46. The molecule has 1 heterocycles. The molecule has 0 fully saturated rings. The van der Waals surface area contributed by atoms with Crippen molar-refractivity contribution in [2.75, 3.05) is 25.5 Å². The van der Waals surface area contributed by atoms with Gasteiger partial charge in [0.05, 0.1) is 5.69 Å². The lowest BCUT2D eigenvalue weighted by atomic mass is 9.98. The standard InChI is InChI=1S/C18H18N4O2/c1-5-10-22-17(23)15(11-19)12(2)16(18(22)24)20-13-6-8-14(9-7-13)21(3)4/h5-9H,1,10H2,2-4H3. The van der Waals surface area contributed by atoms with Crippen LogP contribution in [0.3, 0.4) is 0 Å². The molecule has 2 rings (SSSR count). The minimum Gasteiger partial charge on any atom is -0.378 e. The molecular formula is C18H18N4O2. The summed E-state index contributed by atoms with van der Waals surface area (Å²) in [5, 5.41) is 9.23. The summed E-state index contributed by atoms with van der Waals surface area (Å²) in [5.74, 6) is -1.13. The largest absolute Gasteiger partial charge is 0.378 e. The molecule has 0 atom stereocenters.